The Balaban J connectivity index is 2.37. The van der Waals surface area contributed by atoms with Gasteiger partial charge in [0.15, 0.2) is 0 Å². The maximum Gasteiger partial charge on any atom is 0.0718 e. The predicted octanol–water partition coefficient (Wildman–Crippen LogP) is 2.29. The fourth-order valence-corrected chi connectivity index (χ4v) is 2.37. The Morgan fingerprint density at radius 3 is 2.15 bits per heavy atom. The smallest absolute Gasteiger partial charge is 0.0718 e. The summed E-state index contributed by atoms with van der Waals surface area (Å²) in [4.78, 5) is 0. The molecule has 0 aliphatic rings. The van der Waals surface area contributed by atoms with E-state index in [1.54, 1.807) is 7.05 Å². The van der Waals surface area contributed by atoms with Crippen molar-refractivity contribution in [1.29, 1.82) is 0 Å². The second kappa shape index (κ2) is 9.92. The average Bonchev–Trinajstić information content (AvgIpc) is 2.48. The largest absolute Gasteiger partial charge is 0.395 e. The number of rotatable bonds is 10. The third-order valence-corrected chi connectivity index (χ3v) is 3.85. The molecule has 1 rings (SSSR count). The zero-order valence-electron chi connectivity index (χ0n) is 12.8. The number of aliphatic hydroxyl groups is 2. The summed E-state index contributed by atoms with van der Waals surface area (Å²) >= 11 is 0. The zero-order chi connectivity index (χ0) is 14.8. The minimum Gasteiger partial charge on any atom is -0.395 e. The minimum absolute atomic E-state index is 0.0337. The lowest BCUT2D eigenvalue weighted by Gasteiger charge is -2.20. The van der Waals surface area contributed by atoms with Gasteiger partial charge in [-0.15, -0.1) is 0 Å². The lowest BCUT2D eigenvalue weighted by Crippen LogP contribution is -2.40. The highest BCUT2D eigenvalue weighted by atomic mass is 16.3. The van der Waals surface area contributed by atoms with Gasteiger partial charge in [0.1, 0.15) is 0 Å². The predicted molar refractivity (Wildman–Crippen MR) is 83.9 cm³/mol. The molecule has 0 fully saturated rings. The van der Waals surface area contributed by atoms with Crippen molar-refractivity contribution >= 4 is 0 Å². The zero-order valence-corrected chi connectivity index (χ0v) is 12.8. The summed E-state index contributed by atoms with van der Waals surface area (Å²) < 4.78 is 0. The third kappa shape index (κ3) is 6.04. The van der Waals surface area contributed by atoms with Crippen LogP contribution in [-0.2, 0) is 12.8 Å². The molecule has 0 aromatic heterocycles. The Labute approximate surface area is 123 Å². The Bertz CT molecular complexity index is 347. The quantitative estimate of drug-likeness (QED) is 0.576. The highest BCUT2D eigenvalue weighted by molar-refractivity contribution is 5.22. The number of aliphatic hydroxyl groups excluding tert-OH is 2. The van der Waals surface area contributed by atoms with Crippen LogP contribution in [-0.4, -0.2) is 36.0 Å². The van der Waals surface area contributed by atoms with Gasteiger partial charge in [-0.05, 0) is 43.9 Å². The standard InChI is InChI=1S/C17H29NO2/c1-3-4-5-6-14-7-9-15(10-8-14)11-12-17(20)16(13-19)18-2/h7-10,16-20H,3-6,11-13H2,1-2H3/t16-,17+/m1/s1. The van der Waals surface area contributed by atoms with Crippen LogP contribution in [0.2, 0.25) is 0 Å². The van der Waals surface area contributed by atoms with Gasteiger partial charge in [0, 0.05) is 0 Å². The van der Waals surface area contributed by atoms with E-state index in [1.165, 1.54) is 30.4 Å². The van der Waals surface area contributed by atoms with Crippen molar-refractivity contribution < 1.29 is 10.2 Å². The molecule has 0 saturated heterocycles. The Morgan fingerprint density at radius 2 is 1.65 bits per heavy atom. The van der Waals surface area contributed by atoms with Crippen molar-refractivity contribution in [3.05, 3.63) is 35.4 Å². The van der Waals surface area contributed by atoms with Crippen molar-refractivity contribution in [2.45, 2.75) is 57.6 Å². The SMILES string of the molecule is CCCCCc1ccc(CC[C@H](O)[C@@H](CO)NC)cc1. The van der Waals surface area contributed by atoms with Gasteiger partial charge in [0.05, 0.1) is 18.8 Å². The normalized spacial score (nSPS) is 14.2. The molecule has 0 bridgehead atoms. The van der Waals surface area contributed by atoms with E-state index in [9.17, 15) is 5.11 Å². The Hall–Kier alpha value is -0.900. The molecule has 0 radical (unpaired) electrons. The number of benzene rings is 1. The summed E-state index contributed by atoms with van der Waals surface area (Å²) in [5, 5.41) is 22.0. The molecule has 114 valence electrons. The monoisotopic (exact) mass is 279 g/mol. The first kappa shape index (κ1) is 17.2. The molecule has 3 N–H and O–H groups in total. The molecule has 3 heteroatoms. The number of hydrogen-bond acceptors (Lipinski definition) is 3. The van der Waals surface area contributed by atoms with Crippen molar-refractivity contribution in [2.24, 2.45) is 0 Å². The summed E-state index contributed by atoms with van der Waals surface area (Å²) in [6.45, 7) is 2.19. The van der Waals surface area contributed by atoms with Gasteiger partial charge in [-0.2, -0.15) is 0 Å². The Kier molecular flexibility index (Phi) is 8.51. The maximum atomic E-state index is 9.95. The van der Waals surface area contributed by atoms with Gasteiger partial charge in [-0.1, -0.05) is 44.0 Å². The molecule has 20 heavy (non-hydrogen) atoms. The van der Waals surface area contributed by atoms with Crippen molar-refractivity contribution in [3.8, 4) is 0 Å². The van der Waals surface area contributed by atoms with E-state index < -0.39 is 6.10 Å². The molecule has 0 saturated carbocycles. The van der Waals surface area contributed by atoms with Crippen LogP contribution in [0.4, 0.5) is 0 Å². The average molecular weight is 279 g/mol. The van der Waals surface area contributed by atoms with Gasteiger partial charge in [-0.25, -0.2) is 0 Å². The Morgan fingerprint density at radius 1 is 1.05 bits per heavy atom. The first-order valence-corrected chi connectivity index (χ1v) is 7.75. The van der Waals surface area contributed by atoms with Crippen LogP contribution < -0.4 is 5.32 Å². The van der Waals surface area contributed by atoms with E-state index in [4.69, 9.17) is 5.11 Å². The molecule has 1 aromatic carbocycles. The highest BCUT2D eigenvalue weighted by Gasteiger charge is 2.15. The topological polar surface area (TPSA) is 52.5 Å². The summed E-state index contributed by atoms with van der Waals surface area (Å²) in [6, 6.07) is 8.46. The van der Waals surface area contributed by atoms with E-state index in [0.29, 0.717) is 6.42 Å². The van der Waals surface area contributed by atoms with Gasteiger partial charge in [0.2, 0.25) is 0 Å². The van der Waals surface area contributed by atoms with E-state index >= 15 is 0 Å². The highest BCUT2D eigenvalue weighted by Crippen LogP contribution is 2.12. The molecular weight excluding hydrogens is 250 g/mol. The lowest BCUT2D eigenvalue weighted by atomic mass is 10.00. The molecule has 0 aliphatic carbocycles. The lowest BCUT2D eigenvalue weighted by molar-refractivity contribution is 0.0875. The molecule has 0 heterocycles. The first-order chi connectivity index (χ1) is 9.71. The van der Waals surface area contributed by atoms with Crippen LogP contribution in [0.25, 0.3) is 0 Å². The molecule has 0 unspecified atom stereocenters. The van der Waals surface area contributed by atoms with Crippen molar-refractivity contribution in [2.75, 3.05) is 13.7 Å². The molecule has 0 amide bonds. The van der Waals surface area contributed by atoms with E-state index in [-0.39, 0.29) is 12.6 Å². The van der Waals surface area contributed by atoms with E-state index in [0.717, 1.165) is 12.8 Å². The molecule has 0 spiro atoms. The van der Waals surface area contributed by atoms with Crippen LogP contribution in [0.1, 0.15) is 43.7 Å². The number of likely N-dealkylation sites (N-methyl/N-ethyl adjacent to an activating group) is 1. The van der Waals surface area contributed by atoms with Gasteiger partial charge in [-0.3, -0.25) is 0 Å². The van der Waals surface area contributed by atoms with E-state index in [1.807, 2.05) is 0 Å². The van der Waals surface area contributed by atoms with E-state index in [2.05, 4.69) is 36.5 Å². The van der Waals surface area contributed by atoms with Crippen LogP contribution in [0.5, 0.6) is 0 Å². The summed E-state index contributed by atoms with van der Waals surface area (Å²) in [5.41, 5.74) is 2.64. The minimum atomic E-state index is -0.505. The fraction of sp³-hybridized carbons (Fsp3) is 0.647. The van der Waals surface area contributed by atoms with Crippen molar-refractivity contribution in [1.82, 2.24) is 5.32 Å². The second-order valence-corrected chi connectivity index (χ2v) is 5.46. The number of hydrogen-bond donors (Lipinski definition) is 3. The summed E-state index contributed by atoms with van der Waals surface area (Å²) in [7, 11) is 1.76. The molecule has 2 atom stereocenters. The summed E-state index contributed by atoms with van der Waals surface area (Å²) in [6.07, 6.45) is 5.97. The van der Waals surface area contributed by atoms with Crippen LogP contribution >= 0.6 is 0 Å². The summed E-state index contributed by atoms with van der Waals surface area (Å²) in [5.74, 6) is 0. The number of unbranched alkanes of at least 4 members (excludes halogenated alkanes) is 2. The first-order valence-electron chi connectivity index (χ1n) is 7.75. The van der Waals surface area contributed by atoms with Crippen molar-refractivity contribution in [3.63, 3.8) is 0 Å². The molecular formula is C17H29NO2. The van der Waals surface area contributed by atoms with Gasteiger partial charge >= 0.3 is 0 Å². The maximum absolute atomic E-state index is 9.95. The fourth-order valence-electron chi connectivity index (χ4n) is 2.37. The number of aryl methyl sites for hydroxylation is 2. The molecule has 3 nitrogen and oxygen atoms in total. The van der Waals surface area contributed by atoms with Gasteiger partial charge in [0.25, 0.3) is 0 Å². The van der Waals surface area contributed by atoms with Gasteiger partial charge < -0.3 is 15.5 Å². The van der Waals surface area contributed by atoms with Crippen LogP contribution in [0, 0.1) is 0 Å². The third-order valence-electron chi connectivity index (χ3n) is 3.85. The molecule has 1 aromatic rings. The molecule has 0 aliphatic heterocycles. The van der Waals surface area contributed by atoms with Crippen LogP contribution in [0.15, 0.2) is 24.3 Å². The van der Waals surface area contributed by atoms with Crippen LogP contribution in [0.3, 0.4) is 0 Å². The second-order valence-electron chi connectivity index (χ2n) is 5.46. The number of nitrogens with one attached hydrogen (secondary N) is 1.